The second-order valence-corrected chi connectivity index (χ2v) is 8.31. The minimum atomic E-state index is -0.789. The standard InChI is InChI=1S/C22H23N5O4/c1-13-6-7-14(20-25-18(12-31-20)16-10-17(16)22(29)30)11-26(13)21(28)15-4-2-3-5-19(15)27-23-8-9-24-27/h2-5,8-9,12-14,16-17H,6-7,10-11H2,1H3,(H,29,30)/t13-,14-,16?,17?/m1/s1. The summed E-state index contributed by atoms with van der Waals surface area (Å²) in [5.41, 5.74) is 1.88. The first kappa shape index (κ1) is 19.5. The number of carboxylic acids is 1. The van der Waals surface area contributed by atoms with Crippen LogP contribution in [0, 0.1) is 5.92 Å². The zero-order chi connectivity index (χ0) is 21.5. The summed E-state index contributed by atoms with van der Waals surface area (Å²) in [5.74, 6) is -0.740. The molecule has 5 rings (SSSR count). The Bertz CT molecular complexity index is 1110. The van der Waals surface area contributed by atoms with Crippen LogP contribution in [0.3, 0.4) is 0 Å². The van der Waals surface area contributed by atoms with E-state index in [9.17, 15) is 9.59 Å². The normalized spacial score (nSPS) is 25.4. The molecule has 0 bridgehead atoms. The summed E-state index contributed by atoms with van der Waals surface area (Å²) in [6, 6.07) is 7.39. The number of rotatable bonds is 5. The number of benzene rings is 1. The van der Waals surface area contributed by atoms with Gasteiger partial charge < -0.3 is 14.4 Å². The molecular weight excluding hydrogens is 398 g/mol. The first-order valence-electron chi connectivity index (χ1n) is 10.5. The van der Waals surface area contributed by atoms with Crippen LogP contribution in [0.2, 0.25) is 0 Å². The number of carbonyl (C=O) groups excluding carboxylic acids is 1. The average Bonchev–Trinajstić information content (AvgIpc) is 3.16. The number of para-hydroxylation sites is 1. The highest BCUT2D eigenvalue weighted by atomic mass is 16.4. The molecule has 3 aromatic rings. The molecule has 3 heterocycles. The second-order valence-electron chi connectivity index (χ2n) is 8.31. The fourth-order valence-corrected chi connectivity index (χ4v) is 4.37. The Balaban J connectivity index is 1.36. The Labute approximate surface area is 178 Å². The number of carboxylic acid groups (broad SMARTS) is 1. The number of amides is 1. The number of aliphatic carboxylic acids is 1. The number of hydrogen-bond donors (Lipinski definition) is 1. The van der Waals surface area contributed by atoms with Crippen molar-refractivity contribution in [2.24, 2.45) is 5.92 Å². The molecule has 2 fully saturated rings. The maximum atomic E-state index is 13.5. The summed E-state index contributed by atoms with van der Waals surface area (Å²) in [4.78, 5) is 32.5. The minimum Gasteiger partial charge on any atom is -0.481 e. The first-order valence-corrected chi connectivity index (χ1v) is 10.5. The van der Waals surface area contributed by atoms with Crippen molar-refractivity contribution in [3.8, 4) is 5.69 Å². The van der Waals surface area contributed by atoms with Gasteiger partial charge in [-0.25, -0.2) is 4.98 Å². The SMILES string of the molecule is C[C@@H]1CC[C@@H](c2nc(C3CC3C(=O)O)co2)CN1C(=O)c1ccccc1-n1nccn1. The summed E-state index contributed by atoms with van der Waals surface area (Å²) < 4.78 is 5.72. The lowest BCUT2D eigenvalue weighted by Crippen LogP contribution is -2.45. The van der Waals surface area contributed by atoms with Gasteiger partial charge in [0.15, 0.2) is 5.89 Å². The number of likely N-dealkylation sites (tertiary alicyclic amines) is 1. The maximum Gasteiger partial charge on any atom is 0.307 e. The minimum absolute atomic E-state index is 0.0223. The molecule has 1 saturated carbocycles. The van der Waals surface area contributed by atoms with E-state index >= 15 is 0 Å². The fraction of sp³-hybridized carbons (Fsp3) is 0.409. The first-order chi connectivity index (χ1) is 15.0. The van der Waals surface area contributed by atoms with Crippen LogP contribution in [0.15, 0.2) is 47.3 Å². The molecule has 1 amide bonds. The third kappa shape index (κ3) is 3.60. The van der Waals surface area contributed by atoms with E-state index in [1.807, 2.05) is 30.0 Å². The van der Waals surface area contributed by atoms with Crippen molar-refractivity contribution < 1.29 is 19.1 Å². The van der Waals surface area contributed by atoms with E-state index in [0.29, 0.717) is 35.8 Å². The fourth-order valence-electron chi connectivity index (χ4n) is 4.37. The topological polar surface area (TPSA) is 114 Å². The zero-order valence-corrected chi connectivity index (χ0v) is 17.1. The molecule has 2 aliphatic rings. The number of carbonyl (C=O) groups is 2. The van der Waals surface area contributed by atoms with Gasteiger partial charge in [0.25, 0.3) is 5.91 Å². The third-order valence-electron chi connectivity index (χ3n) is 6.29. The van der Waals surface area contributed by atoms with Gasteiger partial charge >= 0.3 is 5.97 Å². The van der Waals surface area contributed by atoms with Crippen molar-refractivity contribution in [3.63, 3.8) is 0 Å². The monoisotopic (exact) mass is 421 g/mol. The van der Waals surface area contributed by atoms with E-state index in [4.69, 9.17) is 9.52 Å². The van der Waals surface area contributed by atoms with Gasteiger partial charge in [-0.05, 0) is 38.3 Å². The number of aromatic nitrogens is 4. The highest BCUT2D eigenvalue weighted by molar-refractivity contribution is 5.98. The Morgan fingerprint density at radius 2 is 1.94 bits per heavy atom. The Morgan fingerprint density at radius 3 is 2.68 bits per heavy atom. The van der Waals surface area contributed by atoms with Gasteiger partial charge in [-0.1, -0.05) is 12.1 Å². The number of hydrogen-bond acceptors (Lipinski definition) is 6. The summed E-state index contributed by atoms with van der Waals surface area (Å²) in [6.45, 7) is 2.54. The van der Waals surface area contributed by atoms with Crippen molar-refractivity contribution in [2.75, 3.05) is 6.54 Å². The molecule has 31 heavy (non-hydrogen) atoms. The van der Waals surface area contributed by atoms with Crippen molar-refractivity contribution in [3.05, 3.63) is 60.1 Å². The second kappa shape index (κ2) is 7.64. The molecule has 4 atom stereocenters. The van der Waals surface area contributed by atoms with E-state index in [1.54, 1.807) is 24.7 Å². The predicted octanol–water partition coefficient (Wildman–Crippen LogP) is 2.85. The van der Waals surface area contributed by atoms with Crippen molar-refractivity contribution >= 4 is 11.9 Å². The summed E-state index contributed by atoms with van der Waals surface area (Å²) in [7, 11) is 0. The van der Waals surface area contributed by atoms with Crippen LogP contribution in [0.5, 0.6) is 0 Å². The van der Waals surface area contributed by atoms with Gasteiger partial charge in [-0.2, -0.15) is 15.0 Å². The summed E-state index contributed by atoms with van der Waals surface area (Å²) >= 11 is 0. The number of nitrogens with zero attached hydrogens (tertiary/aromatic N) is 5. The number of oxazole rings is 1. The molecule has 9 nitrogen and oxygen atoms in total. The number of piperidine rings is 1. The van der Waals surface area contributed by atoms with E-state index in [-0.39, 0.29) is 29.7 Å². The lowest BCUT2D eigenvalue weighted by molar-refractivity contribution is -0.138. The van der Waals surface area contributed by atoms with Crippen molar-refractivity contribution in [2.45, 2.75) is 44.1 Å². The Hall–Kier alpha value is -3.49. The van der Waals surface area contributed by atoms with Gasteiger partial charge in [-0.15, -0.1) is 0 Å². The molecule has 1 aromatic carbocycles. The van der Waals surface area contributed by atoms with Crippen molar-refractivity contribution in [1.82, 2.24) is 24.9 Å². The molecule has 1 N–H and O–H groups in total. The quantitative estimate of drug-likeness (QED) is 0.674. The van der Waals surface area contributed by atoms with Crippen LogP contribution in [-0.2, 0) is 4.79 Å². The summed E-state index contributed by atoms with van der Waals surface area (Å²) in [6.07, 6.45) is 7.03. The maximum absolute atomic E-state index is 13.5. The molecule has 1 aliphatic carbocycles. The van der Waals surface area contributed by atoms with Gasteiger partial charge in [0, 0.05) is 18.5 Å². The molecule has 1 saturated heterocycles. The van der Waals surface area contributed by atoms with E-state index in [1.165, 1.54) is 4.80 Å². The molecule has 0 radical (unpaired) electrons. The van der Waals surface area contributed by atoms with Crippen molar-refractivity contribution in [1.29, 1.82) is 0 Å². The molecule has 0 spiro atoms. The molecule has 2 unspecified atom stereocenters. The van der Waals surface area contributed by atoms with Crippen LogP contribution >= 0.6 is 0 Å². The lowest BCUT2D eigenvalue weighted by atomic mass is 9.92. The molecule has 2 aromatic heterocycles. The van der Waals surface area contributed by atoms with Crippen LogP contribution in [0.25, 0.3) is 5.69 Å². The van der Waals surface area contributed by atoms with Crippen LogP contribution in [0.1, 0.15) is 60.0 Å². The van der Waals surface area contributed by atoms with E-state index in [2.05, 4.69) is 15.2 Å². The highest BCUT2D eigenvalue weighted by Gasteiger charge is 2.46. The van der Waals surface area contributed by atoms with E-state index < -0.39 is 5.97 Å². The van der Waals surface area contributed by atoms with Gasteiger partial charge in [0.05, 0.1) is 41.2 Å². The Kier molecular flexibility index (Phi) is 4.80. The van der Waals surface area contributed by atoms with Gasteiger partial charge in [0.1, 0.15) is 6.26 Å². The predicted molar refractivity (Wildman–Crippen MR) is 109 cm³/mol. The highest BCUT2D eigenvalue weighted by Crippen LogP contribution is 2.47. The van der Waals surface area contributed by atoms with Crippen LogP contribution in [0.4, 0.5) is 0 Å². The zero-order valence-electron chi connectivity index (χ0n) is 17.1. The third-order valence-corrected chi connectivity index (χ3v) is 6.29. The average molecular weight is 421 g/mol. The van der Waals surface area contributed by atoms with E-state index in [0.717, 1.165) is 12.8 Å². The smallest absolute Gasteiger partial charge is 0.307 e. The summed E-state index contributed by atoms with van der Waals surface area (Å²) in [5, 5.41) is 17.5. The van der Waals surface area contributed by atoms with Gasteiger partial charge in [-0.3, -0.25) is 9.59 Å². The van der Waals surface area contributed by atoms with Crippen LogP contribution in [-0.4, -0.2) is 54.4 Å². The van der Waals surface area contributed by atoms with Crippen LogP contribution < -0.4 is 0 Å². The Morgan fingerprint density at radius 1 is 1.16 bits per heavy atom. The lowest BCUT2D eigenvalue weighted by Gasteiger charge is -2.37. The molecular formula is C22H23N5O4. The largest absolute Gasteiger partial charge is 0.481 e. The van der Waals surface area contributed by atoms with Gasteiger partial charge in [0.2, 0.25) is 0 Å². The molecule has 160 valence electrons. The molecule has 9 heteroatoms. The molecule has 1 aliphatic heterocycles.